The van der Waals surface area contributed by atoms with Crippen LogP contribution in [-0.4, -0.2) is 47.5 Å². The van der Waals surface area contributed by atoms with Crippen LogP contribution in [0.4, 0.5) is 4.79 Å². The van der Waals surface area contributed by atoms with E-state index in [0.29, 0.717) is 13.0 Å². The van der Waals surface area contributed by atoms with Gasteiger partial charge in [-0.15, -0.1) is 0 Å². The van der Waals surface area contributed by atoms with Crippen LogP contribution in [0.2, 0.25) is 0 Å². The summed E-state index contributed by atoms with van der Waals surface area (Å²) in [5.74, 6) is 0.0291. The minimum Gasteiger partial charge on any atom is -0.465 e. The number of likely N-dealkylation sites (tertiary alicyclic amines) is 1. The van der Waals surface area contributed by atoms with E-state index < -0.39 is 12.4 Å². The molecule has 0 spiro atoms. The van der Waals surface area contributed by atoms with Crippen LogP contribution >= 0.6 is 0 Å². The van der Waals surface area contributed by atoms with Crippen molar-refractivity contribution in [2.24, 2.45) is 0 Å². The van der Waals surface area contributed by atoms with E-state index in [1.54, 1.807) is 7.11 Å². The van der Waals surface area contributed by atoms with Crippen molar-refractivity contribution in [1.82, 2.24) is 4.90 Å². The first-order valence-corrected chi connectivity index (χ1v) is 10.4. The van der Waals surface area contributed by atoms with Gasteiger partial charge in [0.2, 0.25) is 0 Å². The van der Waals surface area contributed by atoms with Crippen molar-refractivity contribution in [3.63, 3.8) is 0 Å². The van der Waals surface area contributed by atoms with E-state index in [1.165, 1.54) is 4.90 Å². The van der Waals surface area contributed by atoms with E-state index >= 15 is 0 Å². The first kappa shape index (κ1) is 21.3. The summed E-state index contributed by atoms with van der Waals surface area (Å²) in [4.78, 5) is 13.0. The molecule has 1 amide bonds. The van der Waals surface area contributed by atoms with Crippen LogP contribution in [0.1, 0.15) is 35.3 Å². The van der Waals surface area contributed by atoms with Gasteiger partial charge in [-0.2, -0.15) is 0 Å². The smallest absolute Gasteiger partial charge is 0.407 e. The number of carbonyl (C=O) groups is 1. The number of amides is 1. The molecule has 31 heavy (non-hydrogen) atoms. The first-order valence-electron chi connectivity index (χ1n) is 10.4. The maximum absolute atomic E-state index is 11.6. The van der Waals surface area contributed by atoms with E-state index in [-0.39, 0.29) is 25.2 Å². The number of piperidine rings is 1. The Kier molecular flexibility index (Phi) is 6.51. The van der Waals surface area contributed by atoms with E-state index in [0.717, 1.165) is 27.5 Å². The molecule has 0 aromatic heterocycles. The fraction of sp³-hybridized carbons (Fsp3) is 0.320. The fourth-order valence-electron chi connectivity index (χ4n) is 4.26. The summed E-state index contributed by atoms with van der Waals surface area (Å²) in [5.41, 5.74) is 2.80. The van der Waals surface area contributed by atoms with Crippen molar-refractivity contribution in [3.05, 3.63) is 83.4 Å². The third-order valence-electron chi connectivity index (χ3n) is 5.98. The predicted octanol–water partition coefficient (Wildman–Crippen LogP) is 4.53. The first-order chi connectivity index (χ1) is 15.1. The lowest BCUT2D eigenvalue weighted by Crippen LogP contribution is -2.46. The van der Waals surface area contributed by atoms with Crippen LogP contribution in [0.5, 0.6) is 0 Å². The second kappa shape index (κ2) is 9.47. The SMILES string of the molecule is COC(OC1CN(C(=O)O)CCC1c1ccc(CO)cc1)c1ccc2ccccc2c1. The number of fused-ring (bicyclic) bond motifs is 1. The number of aliphatic hydroxyl groups excluding tert-OH is 1. The molecule has 3 aromatic carbocycles. The molecule has 0 radical (unpaired) electrons. The summed E-state index contributed by atoms with van der Waals surface area (Å²) < 4.78 is 12.1. The molecule has 0 aliphatic carbocycles. The molecule has 6 nitrogen and oxygen atoms in total. The predicted molar refractivity (Wildman–Crippen MR) is 118 cm³/mol. The summed E-state index contributed by atoms with van der Waals surface area (Å²) in [7, 11) is 1.60. The van der Waals surface area contributed by atoms with Gasteiger partial charge in [0.15, 0.2) is 6.29 Å². The number of aliphatic hydroxyl groups is 1. The van der Waals surface area contributed by atoms with Crippen LogP contribution in [0, 0.1) is 0 Å². The molecule has 3 unspecified atom stereocenters. The molecular weight excluding hydrogens is 394 g/mol. The van der Waals surface area contributed by atoms with E-state index in [9.17, 15) is 15.0 Å². The molecule has 1 heterocycles. The third kappa shape index (κ3) is 4.71. The number of rotatable bonds is 6. The summed E-state index contributed by atoms with van der Waals surface area (Å²) in [6, 6.07) is 21.9. The van der Waals surface area contributed by atoms with E-state index in [1.807, 2.05) is 60.7 Å². The Hall–Kier alpha value is -2.93. The van der Waals surface area contributed by atoms with Crippen molar-refractivity contribution in [3.8, 4) is 0 Å². The molecule has 1 aliphatic heterocycles. The normalized spacial score (nSPS) is 20.0. The molecule has 2 N–H and O–H groups in total. The quantitative estimate of drug-likeness (QED) is 0.572. The minimum absolute atomic E-state index is 0.00855. The monoisotopic (exact) mass is 421 g/mol. The van der Waals surface area contributed by atoms with Crippen molar-refractivity contribution in [2.45, 2.75) is 31.3 Å². The highest BCUT2D eigenvalue weighted by Crippen LogP contribution is 2.35. The van der Waals surface area contributed by atoms with Gasteiger partial charge < -0.3 is 24.6 Å². The molecule has 6 heteroatoms. The average Bonchev–Trinajstić information content (AvgIpc) is 2.82. The van der Waals surface area contributed by atoms with Crippen molar-refractivity contribution < 1.29 is 24.5 Å². The lowest BCUT2D eigenvalue weighted by atomic mass is 9.86. The van der Waals surface area contributed by atoms with Gasteiger partial charge in [0.25, 0.3) is 0 Å². The highest BCUT2D eigenvalue weighted by atomic mass is 16.7. The van der Waals surface area contributed by atoms with Gasteiger partial charge in [0, 0.05) is 25.1 Å². The van der Waals surface area contributed by atoms with Gasteiger partial charge in [0.05, 0.1) is 19.3 Å². The van der Waals surface area contributed by atoms with Gasteiger partial charge in [0.1, 0.15) is 0 Å². The maximum atomic E-state index is 11.6. The molecule has 1 saturated heterocycles. The molecule has 3 atom stereocenters. The van der Waals surface area contributed by atoms with Crippen LogP contribution in [0.15, 0.2) is 66.7 Å². The number of hydrogen-bond acceptors (Lipinski definition) is 4. The molecule has 0 saturated carbocycles. The zero-order chi connectivity index (χ0) is 21.8. The lowest BCUT2D eigenvalue weighted by molar-refractivity contribution is -0.174. The van der Waals surface area contributed by atoms with Crippen molar-refractivity contribution in [1.29, 1.82) is 0 Å². The average molecular weight is 421 g/mol. The Morgan fingerprint density at radius 1 is 1.10 bits per heavy atom. The number of nitrogens with zero attached hydrogens (tertiary/aromatic N) is 1. The highest BCUT2D eigenvalue weighted by Gasteiger charge is 2.35. The topological polar surface area (TPSA) is 79.2 Å². The van der Waals surface area contributed by atoms with Gasteiger partial charge in [-0.3, -0.25) is 0 Å². The number of methoxy groups -OCH3 is 1. The number of carboxylic acid groups (broad SMARTS) is 1. The standard InChI is InChI=1S/C25H27NO5/c1-30-24(21-11-10-18-4-2-3-5-20(18)14-21)31-23-15-26(25(28)29)13-12-22(23)19-8-6-17(16-27)7-9-19/h2-11,14,22-24,27H,12-13,15-16H2,1H3,(H,28,29). The summed E-state index contributed by atoms with van der Waals surface area (Å²) >= 11 is 0. The Balaban J connectivity index is 1.61. The Labute approximate surface area is 181 Å². The highest BCUT2D eigenvalue weighted by molar-refractivity contribution is 5.83. The molecule has 0 bridgehead atoms. The summed E-state index contributed by atoms with van der Waals surface area (Å²) in [6.07, 6.45) is -1.25. The molecule has 3 aromatic rings. The number of benzene rings is 3. The van der Waals surface area contributed by atoms with Crippen LogP contribution < -0.4 is 0 Å². The van der Waals surface area contributed by atoms with Crippen LogP contribution in [-0.2, 0) is 16.1 Å². The van der Waals surface area contributed by atoms with Crippen LogP contribution in [0.3, 0.4) is 0 Å². The Morgan fingerprint density at radius 2 is 1.84 bits per heavy atom. The van der Waals surface area contributed by atoms with Gasteiger partial charge in [-0.05, 0) is 34.4 Å². The lowest BCUT2D eigenvalue weighted by Gasteiger charge is -2.39. The second-order valence-electron chi connectivity index (χ2n) is 7.87. The molecular formula is C25H27NO5. The zero-order valence-corrected chi connectivity index (χ0v) is 17.5. The molecule has 162 valence electrons. The van der Waals surface area contributed by atoms with Crippen molar-refractivity contribution >= 4 is 16.9 Å². The maximum Gasteiger partial charge on any atom is 0.407 e. The molecule has 1 aliphatic rings. The Bertz CT molecular complexity index is 1040. The minimum atomic E-state index is -0.942. The third-order valence-corrected chi connectivity index (χ3v) is 5.98. The van der Waals surface area contributed by atoms with Gasteiger partial charge in [-0.1, -0.05) is 60.7 Å². The number of hydrogen-bond donors (Lipinski definition) is 2. The summed E-state index contributed by atoms with van der Waals surface area (Å²) in [6.45, 7) is 0.718. The van der Waals surface area contributed by atoms with E-state index in [4.69, 9.17) is 9.47 Å². The van der Waals surface area contributed by atoms with E-state index in [2.05, 4.69) is 6.07 Å². The second-order valence-corrected chi connectivity index (χ2v) is 7.87. The number of ether oxygens (including phenoxy) is 2. The fourth-order valence-corrected chi connectivity index (χ4v) is 4.26. The zero-order valence-electron chi connectivity index (χ0n) is 17.5. The summed E-state index contributed by atoms with van der Waals surface area (Å²) in [5, 5.41) is 21.1. The molecule has 4 rings (SSSR count). The Morgan fingerprint density at radius 3 is 2.52 bits per heavy atom. The van der Waals surface area contributed by atoms with Gasteiger partial charge >= 0.3 is 6.09 Å². The van der Waals surface area contributed by atoms with Crippen molar-refractivity contribution in [2.75, 3.05) is 20.2 Å². The van der Waals surface area contributed by atoms with Gasteiger partial charge in [-0.25, -0.2) is 4.79 Å². The largest absolute Gasteiger partial charge is 0.465 e. The van der Waals surface area contributed by atoms with Crippen LogP contribution in [0.25, 0.3) is 10.8 Å². The molecule has 1 fully saturated rings.